The Morgan fingerprint density at radius 2 is 2.14 bits per heavy atom. The normalized spacial score (nSPS) is 10.8. The van der Waals surface area contributed by atoms with Crippen molar-refractivity contribution in [3.05, 3.63) is 57.6 Å². The molecular formula is C15H11FN2O3S. The third-order valence-electron chi connectivity index (χ3n) is 3.05. The predicted octanol–water partition coefficient (Wildman–Crippen LogP) is 2.76. The lowest BCUT2D eigenvalue weighted by Gasteiger charge is -2.09. The number of nitrogens with zero attached hydrogens (tertiary/aromatic N) is 2. The molecule has 0 atom stereocenters. The summed E-state index contributed by atoms with van der Waals surface area (Å²) in [6.45, 7) is 1.86. The maximum absolute atomic E-state index is 13.9. The Hall–Kier alpha value is -2.54. The van der Waals surface area contributed by atoms with Crippen LogP contribution in [0.4, 0.5) is 4.39 Å². The van der Waals surface area contributed by atoms with Gasteiger partial charge in [-0.3, -0.25) is 4.79 Å². The highest BCUT2D eigenvalue weighted by atomic mass is 32.1. The summed E-state index contributed by atoms with van der Waals surface area (Å²) in [5.41, 5.74) is -0.477. The second kappa shape index (κ2) is 5.69. The number of carbonyl (C=O) groups is 1. The average molecular weight is 318 g/mol. The first-order valence-electron chi connectivity index (χ1n) is 6.56. The van der Waals surface area contributed by atoms with Crippen LogP contribution in [0.1, 0.15) is 17.4 Å². The molecule has 1 aromatic carbocycles. The van der Waals surface area contributed by atoms with Crippen LogP contribution < -0.4 is 5.56 Å². The van der Waals surface area contributed by atoms with Crippen molar-refractivity contribution in [2.24, 2.45) is 0 Å². The van der Waals surface area contributed by atoms with Gasteiger partial charge in [-0.15, -0.1) is 11.3 Å². The van der Waals surface area contributed by atoms with Gasteiger partial charge < -0.3 is 4.74 Å². The quantitative estimate of drug-likeness (QED) is 0.697. The molecule has 0 saturated heterocycles. The minimum atomic E-state index is -0.639. The zero-order valence-electron chi connectivity index (χ0n) is 11.6. The van der Waals surface area contributed by atoms with E-state index in [-0.39, 0.29) is 18.0 Å². The Bertz CT molecular complexity index is 917. The van der Waals surface area contributed by atoms with Crippen molar-refractivity contribution in [3.8, 4) is 5.69 Å². The van der Waals surface area contributed by atoms with Gasteiger partial charge in [0.15, 0.2) is 5.69 Å². The largest absolute Gasteiger partial charge is 0.461 e. The van der Waals surface area contributed by atoms with E-state index in [0.717, 1.165) is 4.68 Å². The van der Waals surface area contributed by atoms with Crippen LogP contribution in [0.2, 0.25) is 0 Å². The number of aromatic nitrogens is 2. The van der Waals surface area contributed by atoms with Crippen LogP contribution in [0.15, 0.2) is 40.5 Å². The number of hydrogen-bond acceptors (Lipinski definition) is 5. The molecule has 0 amide bonds. The van der Waals surface area contributed by atoms with Crippen LogP contribution in [0.25, 0.3) is 15.8 Å². The number of esters is 1. The highest BCUT2D eigenvalue weighted by Crippen LogP contribution is 2.22. The molecule has 0 radical (unpaired) electrons. The van der Waals surface area contributed by atoms with Gasteiger partial charge in [-0.05, 0) is 30.5 Å². The molecule has 112 valence electrons. The Morgan fingerprint density at radius 3 is 2.86 bits per heavy atom. The predicted molar refractivity (Wildman–Crippen MR) is 81.1 cm³/mol. The third kappa shape index (κ3) is 2.29. The number of halogens is 1. The number of carbonyl (C=O) groups excluding carboxylic acids is 1. The fraction of sp³-hybridized carbons (Fsp3) is 0.133. The van der Waals surface area contributed by atoms with E-state index < -0.39 is 17.3 Å². The van der Waals surface area contributed by atoms with Gasteiger partial charge in [-0.2, -0.15) is 9.78 Å². The summed E-state index contributed by atoms with van der Waals surface area (Å²) in [7, 11) is 0. The van der Waals surface area contributed by atoms with Crippen LogP contribution in [0.3, 0.4) is 0 Å². The molecule has 7 heteroatoms. The summed E-state index contributed by atoms with van der Waals surface area (Å²) in [6.07, 6.45) is 0. The van der Waals surface area contributed by atoms with E-state index in [0.29, 0.717) is 10.1 Å². The zero-order chi connectivity index (χ0) is 15.7. The minimum Gasteiger partial charge on any atom is -0.461 e. The number of benzene rings is 1. The molecule has 0 N–H and O–H groups in total. The van der Waals surface area contributed by atoms with Gasteiger partial charge in [0.05, 0.1) is 16.7 Å². The number of ether oxygens (including phenoxy) is 1. The van der Waals surface area contributed by atoms with E-state index in [1.165, 1.54) is 29.5 Å². The van der Waals surface area contributed by atoms with Crippen LogP contribution >= 0.6 is 11.3 Å². The molecule has 5 nitrogen and oxygen atoms in total. The van der Waals surface area contributed by atoms with Crippen molar-refractivity contribution in [2.75, 3.05) is 6.61 Å². The average Bonchev–Trinajstić information content (AvgIpc) is 2.99. The Morgan fingerprint density at radius 1 is 1.36 bits per heavy atom. The summed E-state index contributed by atoms with van der Waals surface area (Å²) >= 11 is 1.22. The lowest BCUT2D eigenvalue weighted by atomic mass is 10.2. The summed E-state index contributed by atoms with van der Waals surface area (Å²) in [4.78, 5) is 24.5. The van der Waals surface area contributed by atoms with E-state index in [1.54, 1.807) is 24.4 Å². The highest BCUT2D eigenvalue weighted by Gasteiger charge is 2.20. The van der Waals surface area contributed by atoms with Crippen LogP contribution in [0.5, 0.6) is 0 Å². The van der Waals surface area contributed by atoms with E-state index in [1.807, 2.05) is 0 Å². The lowest BCUT2D eigenvalue weighted by Crippen LogP contribution is -2.25. The van der Waals surface area contributed by atoms with Crippen molar-refractivity contribution in [2.45, 2.75) is 6.92 Å². The number of thiophene rings is 1. The number of hydrogen-bond donors (Lipinski definition) is 0. The van der Waals surface area contributed by atoms with Crippen LogP contribution in [0, 0.1) is 5.82 Å². The van der Waals surface area contributed by atoms with E-state index >= 15 is 0 Å². The van der Waals surface area contributed by atoms with Gasteiger partial charge in [0.25, 0.3) is 5.56 Å². The molecule has 3 aromatic rings. The number of fused-ring (bicyclic) bond motifs is 1. The Balaban J connectivity index is 2.32. The third-order valence-corrected chi connectivity index (χ3v) is 3.97. The lowest BCUT2D eigenvalue weighted by molar-refractivity contribution is 0.0520. The van der Waals surface area contributed by atoms with Gasteiger partial charge in [0, 0.05) is 0 Å². The van der Waals surface area contributed by atoms with E-state index in [4.69, 9.17) is 4.74 Å². The van der Waals surface area contributed by atoms with Gasteiger partial charge in [-0.1, -0.05) is 12.1 Å². The molecule has 22 heavy (non-hydrogen) atoms. The Labute approximate surface area is 128 Å². The molecule has 0 unspecified atom stereocenters. The molecule has 0 saturated carbocycles. The number of rotatable bonds is 3. The molecule has 0 aliphatic carbocycles. The fourth-order valence-electron chi connectivity index (χ4n) is 2.09. The van der Waals surface area contributed by atoms with Crippen LogP contribution in [-0.2, 0) is 4.74 Å². The fourth-order valence-corrected chi connectivity index (χ4v) is 2.94. The Kier molecular flexibility index (Phi) is 3.72. The first-order chi connectivity index (χ1) is 10.6. The first kappa shape index (κ1) is 14.4. The van der Waals surface area contributed by atoms with Crippen LogP contribution in [-0.4, -0.2) is 22.4 Å². The molecule has 0 bridgehead atoms. The van der Waals surface area contributed by atoms with Crippen molar-refractivity contribution in [1.29, 1.82) is 0 Å². The zero-order valence-corrected chi connectivity index (χ0v) is 12.4. The van der Waals surface area contributed by atoms with Gasteiger partial charge in [0.2, 0.25) is 0 Å². The first-order valence-corrected chi connectivity index (χ1v) is 7.44. The molecule has 0 aliphatic rings. The van der Waals surface area contributed by atoms with Gasteiger partial charge in [-0.25, -0.2) is 9.18 Å². The molecule has 3 rings (SSSR count). The summed E-state index contributed by atoms with van der Waals surface area (Å²) in [5.74, 6) is -1.23. The summed E-state index contributed by atoms with van der Waals surface area (Å²) in [6, 6.07) is 7.35. The topological polar surface area (TPSA) is 61.2 Å². The van der Waals surface area contributed by atoms with Crippen molar-refractivity contribution < 1.29 is 13.9 Å². The van der Waals surface area contributed by atoms with Crippen molar-refractivity contribution in [3.63, 3.8) is 0 Å². The molecular weight excluding hydrogens is 307 g/mol. The highest BCUT2D eigenvalue weighted by molar-refractivity contribution is 7.17. The molecule has 2 aromatic heterocycles. The maximum Gasteiger partial charge on any atom is 0.360 e. The van der Waals surface area contributed by atoms with Gasteiger partial charge >= 0.3 is 5.97 Å². The maximum atomic E-state index is 13.9. The van der Waals surface area contributed by atoms with Crippen molar-refractivity contribution in [1.82, 2.24) is 9.78 Å². The monoisotopic (exact) mass is 318 g/mol. The van der Waals surface area contributed by atoms with E-state index in [2.05, 4.69) is 5.10 Å². The second-order valence-electron chi connectivity index (χ2n) is 4.40. The minimum absolute atomic E-state index is 0.00820. The smallest absolute Gasteiger partial charge is 0.360 e. The SMILES string of the molecule is CCOC(=O)c1nn(-c2ccccc2F)c(=O)c2ccsc12. The van der Waals surface area contributed by atoms with Gasteiger partial charge in [0.1, 0.15) is 11.5 Å². The molecule has 0 fully saturated rings. The second-order valence-corrected chi connectivity index (χ2v) is 5.32. The molecule has 0 spiro atoms. The molecule has 0 aliphatic heterocycles. The van der Waals surface area contributed by atoms with Crippen molar-refractivity contribution >= 4 is 27.4 Å². The summed E-state index contributed by atoms with van der Waals surface area (Å²) < 4.78 is 20.3. The summed E-state index contributed by atoms with van der Waals surface area (Å²) in [5, 5.41) is 6.02. The number of para-hydroxylation sites is 1. The molecule has 2 heterocycles. The van der Waals surface area contributed by atoms with E-state index in [9.17, 15) is 14.0 Å². The standard InChI is InChI=1S/C15H11FN2O3S/c1-2-21-15(20)12-13-9(7-8-22-13)14(19)18(17-12)11-6-4-3-5-10(11)16/h3-8H,2H2,1H3.